The minimum Gasteiger partial charge on any atom is -0.477 e. The highest BCUT2D eigenvalue weighted by molar-refractivity contribution is 7.98. The Labute approximate surface area is 140 Å². The number of hydrogen-bond acceptors (Lipinski definition) is 5. The van der Waals surface area contributed by atoms with Gasteiger partial charge in [0, 0.05) is 17.8 Å². The number of nitrogens with one attached hydrogen (secondary N) is 2. The molecule has 0 spiro atoms. The van der Waals surface area contributed by atoms with Crippen molar-refractivity contribution < 1.29 is 14.7 Å². The van der Waals surface area contributed by atoms with Crippen molar-refractivity contribution in [2.45, 2.75) is 10.8 Å². The van der Waals surface area contributed by atoms with Crippen LogP contribution >= 0.6 is 34.9 Å². The average molecular weight is 358 g/mol. The van der Waals surface area contributed by atoms with E-state index in [0.717, 1.165) is 17.1 Å². The Bertz CT molecular complexity index is 688. The predicted molar refractivity (Wildman–Crippen MR) is 88.2 cm³/mol. The molecule has 2 amide bonds. The van der Waals surface area contributed by atoms with Gasteiger partial charge in [-0.15, -0.1) is 0 Å². The number of carboxylic acid groups (broad SMARTS) is 1. The summed E-state index contributed by atoms with van der Waals surface area (Å²) >= 11 is 8.05. The lowest BCUT2D eigenvalue weighted by Gasteiger charge is -2.03. The highest BCUT2D eigenvalue weighted by Crippen LogP contribution is 2.33. The molecule has 0 saturated carbocycles. The third-order valence-electron chi connectivity index (χ3n) is 2.62. The molecule has 0 radical (unpaired) electrons. The normalized spacial score (nSPS) is 10.3. The van der Waals surface area contributed by atoms with E-state index >= 15 is 0 Å². The summed E-state index contributed by atoms with van der Waals surface area (Å²) in [5.74, 6) is -0.570. The second kappa shape index (κ2) is 7.48. The van der Waals surface area contributed by atoms with Gasteiger partial charge in [-0.2, -0.15) is 4.37 Å². The number of carboxylic acids is 1. The number of nitrogens with zero attached hydrogens (tertiary/aromatic N) is 1. The van der Waals surface area contributed by atoms with E-state index in [0.29, 0.717) is 15.8 Å². The average Bonchev–Trinajstić information content (AvgIpc) is 2.89. The molecule has 2 rings (SSSR count). The molecule has 0 bridgehead atoms. The molecule has 3 N–H and O–H groups in total. The van der Waals surface area contributed by atoms with Gasteiger partial charge in [0.15, 0.2) is 0 Å². The number of aromatic carboxylic acids is 1. The maximum Gasteiger partial charge on any atom is 0.341 e. The van der Waals surface area contributed by atoms with Crippen molar-refractivity contribution in [2.75, 3.05) is 12.4 Å². The molecule has 1 heterocycles. The van der Waals surface area contributed by atoms with Crippen LogP contribution in [0.25, 0.3) is 0 Å². The van der Waals surface area contributed by atoms with Gasteiger partial charge in [-0.1, -0.05) is 35.5 Å². The first kappa shape index (κ1) is 16.6. The highest BCUT2D eigenvalue weighted by atomic mass is 35.5. The third kappa shape index (κ3) is 4.12. The fourth-order valence-corrected chi connectivity index (χ4v) is 3.57. The Kier molecular flexibility index (Phi) is 5.64. The minimum atomic E-state index is -1.13. The predicted octanol–water partition coefficient (Wildman–Crippen LogP) is 3.54. The molecule has 22 heavy (non-hydrogen) atoms. The van der Waals surface area contributed by atoms with Gasteiger partial charge in [0.25, 0.3) is 0 Å². The Morgan fingerprint density at radius 2 is 2.05 bits per heavy atom. The number of halogens is 1. The lowest BCUT2D eigenvalue weighted by Crippen LogP contribution is -2.24. The van der Waals surface area contributed by atoms with Gasteiger partial charge in [-0.3, -0.25) is 5.32 Å². The number of amides is 2. The van der Waals surface area contributed by atoms with Crippen LogP contribution in [-0.4, -0.2) is 28.5 Å². The Morgan fingerprint density at radius 1 is 1.36 bits per heavy atom. The van der Waals surface area contributed by atoms with E-state index in [4.69, 9.17) is 11.6 Å². The number of aromatic nitrogens is 1. The van der Waals surface area contributed by atoms with Crippen LogP contribution in [0, 0.1) is 0 Å². The summed E-state index contributed by atoms with van der Waals surface area (Å²) in [6.07, 6.45) is 0. The summed E-state index contributed by atoms with van der Waals surface area (Å²) in [7, 11) is 1.45. The highest BCUT2D eigenvalue weighted by Gasteiger charge is 2.22. The maximum atomic E-state index is 11.4. The van der Waals surface area contributed by atoms with E-state index in [1.807, 2.05) is 12.1 Å². The summed E-state index contributed by atoms with van der Waals surface area (Å²) in [4.78, 5) is 22.7. The van der Waals surface area contributed by atoms with Crippen molar-refractivity contribution in [3.63, 3.8) is 0 Å². The number of benzene rings is 1. The molecule has 0 aliphatic heterocycles. The van der Waals surface area contributed by atoms with Crippen molar-refractivity contribution in [3.8, 4) is 0 Å². The molecule has 0 unspecified atom stereocenters. The fraction of sp³-hybridized carbons (Fsp3) is 0.154. The Balaban J connectivity index is 2.15. The smallest absolute Gasteiger partial charge is 0.341 e. The van der Waals surface area contributed by atoms with Crippen molar-refractivity contribution in [3.05, 3.63) is 40.4 Å². The molecular weight excluding hydrogens is 346 g/mol. The number of rotatable bonds is 5. The first-order valence-corrected chi connectivity index (χ1v) is 8.24. The Morgan fingerprint density at radius 3 is 2.64 bits per heavy atom. The number of urea groups is 1. The molecule has 0 saturated heterocycles. The van der Waals surface area contributed by atoms with E-state index in [2.05, 4.69) is 15.0 Å². The summed E-state index contributed by atoms with van der Waals surface area (Å²) in [6.45, 7) is 0. The molecule has 6 nitrogen and oxygen atoms in total. The molecule has 116 valence electrons. The Hall–Kier alpha value is -1.77. The van der Waals surface area contributed by atoms with E-state index in [9.17, 15) is 14.7 Å². The number of thioether (sulfide) groups is 1. The van der Waals surface area contributed by atoms with E-state index in [-0.39, 0.29) is 10.6 Å². The third-order valence-corrected chi connectivity index (χ3v) is 4.79. The lowest BCUT2D eigenvalue weighted by molar-refractivity contribution is 0.0694. The monoisotopic (exact) mass is 357 g/mol. The first-order valence-electron chi connectivity index (χ1n) is 6.10. The standard InChI is InChI=1S/C13H12ClN3O3S2/c1-15-13(20)16-10-9(12(18)19)11(17-22-10)21-6-7-2-4-8(14)5-3-7/h2-5H,6H2,1H3,(H,18,19)(H2,15,16,20). The maximum absolute atomic E-state index is 11.4. The van der Waals surface area contributed by atoms with Crippen molar-refractivity contribution >= 4 is 51.9 Å². The molecular formula is C13H12ClN3O3S2. The molecule has 9 heteroatoms. The zero-order valence-corrected chi connectivity index (χ0v) is 13.8. The van der Waals surface area contributed by atoms with Crippen LogP contribution in [0.3, 0.4) is 0 Å². The van der Waals surface area contributed by atoms with Crippen LogP contribution in [0.4, 0.5) is 9.80 Å². The SMILES string of the molecule is CNC(=O)Nc1snc(SCc2ccc(Cl)cc2)c1C(=O)O. The van der Waals surface area contributed by atoms with Gasteiger partial charge in [0.05, 0.1) is 0 Å². The van der Waals surface area contributed by atoms with Crippen LogP contribution < -0.4 is 10.6 Å². The lowest BCUT2D eigenvalue weighted by atomic mass is 10.2. The second-order valence-electron chi connectivity index (χ2n) is 4.12. The van der Waals surface area contributed by atoms with E-state index in [1.165, 1.54) is 18.8 Å². The largest absolute Gasteiger partial charge is 0.477 e. The van der Waals surface area contributed by atoms with Crippen LogP contribution in [0.2, 0.25) is 5.02 Å². The van der Waals surface area contributed by atoms with Gasteiger partial charge >= 0.3 is 12.0 Å². The van der Waals surface area contributed by atoms with E-state index < -0.39 is 12.0 Å². The van der Waals surface area contributed by atoms with Gasteiger partial charge < -0.3 is 10.4 Å². The second-order valence-corrected chi connectivity index (χ2v) is 6.29. The first-order chi connectivity index (χ1) is 10.5. The molecule has 0 atom stereocenters. The van der Waals surface area contributed by atoms with Crippen LogP contribution in [0.5, 0.6) is 0 Å². The molecule has 1 aromatic heterocycles. The number of carbonyl (C=O) groups excluding carboxylic acids is 1. The van der Waals surface area contributed by atoms with Crippen LogP contribution in [0.1, 0.15) is 15.9 Å². The number of anilines is 1. The van der Waals surface area contributed by atoms with Crippen molar-refractivity contribution in [1.82, 2.24) is 9.69 Å². The van der Waals surface area contributed by atoms with Crippen LogP contribution in [-0.2, 0) is 5.75 Å². The molecule has 0 aliphatic rings. The number of hydrogen-bond donors (Lipinski definition) is 3. The van der Waals surface area contributed by atoms with Crippen molar-refractivity contribution in [2.24, 2.45) is 0 Å². The van der Waals surface area contributed by atoms with Gasteiger partial charge in [0.1, 0.15) is 15.6 Å². The fourth-order valence-electron chi connectivity index (χ4n) is 1.55. The van der Waals surface area contributed by atoms with Gasteiger partial charge in [-0.05, 0) is 29.2 Å². The van der Waals surface area contributed by atoms with Crippen molar-refractivity contribution in [1.29, 1.82) is 0 Å². The zero-order valence-electron chi connectivity index (χ0n) is 11.4. The molecule has 0 aliphatic carbocycles. The topological polar surface area (TPSA) is 91.3 Å². The van der Waals surface area contributed by atoms with Gasteiger partial charge in [-0.25, -0.2) is 9.59 Å². The molecule has 0 fully saturated rings. The summed E-state index contributed by atoms with van der Waals surface area (Å²) < 4.78 is 4.11. The summed E-state index contributed by atoms with van der Waals surface area (Å²) in [5, 5.41) is 15.4. The minimum absolute atomic E-state index is 0.00700. The van der Waals surface area contributed by atoms with Crippen LogP contribution in [0.15, 0.2) is 29.3 Å². The quantitative estimate of drug-likeness (QED) is 0.712. The van der Waals surface area contributed by atoms with Gasteiger partial charge in [0.2, 0.25) is 0 Å². The molecule has 2 aromatic rings. The molecule has 1 aromatic carbocycles. The summed E-state index contributed by atoms with van der Waals surface area (Å²) in [5.41, 5.74) is 1.01. The zero-order chi connectivity index (χ0) is 16.1. The number of carbonyl (C=O) groups is 2. The van der Waals surface area contributed by atoms with E-state index in [1.54, 1.807) is 12.1 Å². The summed E-state index contributed by atoms with van der Waals surface area (Å²) in [6, 6.07) is 6.79.